The maximum atomic E-state index is 11.7. The summed E-state index contributed by atoms with van der Waals surface area (Å²) in [6.07, 6.45) is 5.04. The van der Waals surface area contributed by atoms with E-state index >= 15 is 0 Å². The Morgan fingerprint density at radius 3 is 2.30 bits per heavy atom. The molecule has 3 aliphatic rings. The lowest BCUT2D eigenvalue weighted by atomic mass is 9.66. The number of hydrogen-bond donors (Lipinski definition) is 3. The minimum absolute atomic E-state index is 0. The molecule has 1 aromatic rings. The van der Waals surface area contributed by atoms with E-state index in [0.717, 1.165) is 42.6 Å². The molecule has 1 unspecified atom stereocenters. The maximum Gasteiger partial charge on any atom is 0.229 e. The second kappa shape index (κ2) is 8.99. The fourth-order valence-electron chi connectivity index (χ4n) is 4.18. The van der Waals surface area contributed by atoms with Crippen molar-refractivity contribution in [3.05, 3.63) is 23.3 Å². The van der Waals surface area contributed by atoms with Crippen LogP contribution in [0.4, 0.5) is 5.69 Å². The number of nitrogens with one attached hydrogen (secondary N) is 2. The minimum atomic E-state index is -3.32. The van der Waals surface area contributed by atoms with Crippen molar-refractivity contribution >= 4 is 28.1 Å². The van der Waals surface area contributed by atoms with Gasteiger partial charge in [0.05, 0.1) is 11.9 Å². The van der Waals surface area contributed by atoms with Crippen molar-refractivity contribution < 1.29 is 18.3 Å². The summed E-state index contributed by atoms with van der Waals surface area (Å²) in [4.78, 5) is 0. The Morgan fingerprint density at radius 1 is 1.15 bits per heavy atom. The van der Waals surface area contributed by atoms with Crippen LogP contribution < -0.4 is 14.8 Å². The average molecular weight is 419 g/mol. The fraction of sp³-hybridized carbons (Fsp3) is 0.684. The van der Waals surface area contributed by atoms with Gasteiger partial charge in [-0.25, -0.2) is 8.42 Å². The number of aliphatic hydroxyl groups is 1. The first-order chi connectivity index (χ1) is 12.2. The summed E-state index contributed by atoms with van der Waals surface area (Å²) in [5.74, 6) is 1.59. The van der Waals surface area contributed by atoms with Gasteiger partial charge in [0.25, 0.3) is 0 Å². The Bertz CT molecular complexity index is 746. The molecule has 1 aromatic carbocycles. The number of anilines is 1. The summed E-state index contributed by atoms with van der Waals surface area (Å²) in [5, 5.41) is 13.3. The van der Waals surface area contributed by atoms with Crippen LogP contribution in [0, 0.1) is 0 Å². The van der Waals surface area contributed by atoms with Crippen molar-refractivity contribution in [3.8, 4) is 5.75 Å². The molecule has 1 atom stereocenters. The third-order valence-electron chi connectivity index (χ3n) is 5.28. The van der Waals surface area contributed by atoms with Crippen LogP contribution >= 0.6 is 12.4 Å². The van der Waals surface area contributed by atoms with E-state index in [1.165, 1.54) is 6.26 Å². The number of halogens is 1. The number of sulfonamides is 1. The molecule has 0 aliphatic heterocycles. The molecule has 0 aromatic heterocycles. The van der Waals surface area contributed by atoms with Crippen LogP contribution in [0.15, 0.2) is 12.1 Å². The van der Waals surface area contributed by atoms with Crippen LogP contribution in [0.2, 0.25) is 0 Å². The van der Waals surface area contributed by atoms with Crippen LogP contribution in [0.5, 0.6) is 5.75 Å². The molecule has 4 rings (SSSR count). The highest BCUT2D eigenvalue weighted by molar-refractivity contribution is 7.92. The topological polar surface area (TPSA) is 87.7 Å². The molecule has 2 bridgehead atoms. The van der Waals surface area contributed by atoms with Crippen molar-refractivity contribution in [3.63, 3.8) is 0 Å². The molecule has 1 fully saturated rings. The lowest BCUT2D eigenvalue weighted by Gasteiger charge is -2.40. The van der Waals surface area contributed by atoms with Gasteiger partial charge in [0.1, 0.15) is 18.5 Å². The highest BCUT2D eigenvalue weighted by atomic mass is 35.5. The monoisotopic (exact) mass is 418 g/mol. The third kappa shape index (κ3) is 5.50. The highest BCUT2D eigenvalue weighted by Crippen LogP contribution is 2.54. The molecule has 6 nitrogen and oxygen atoms in total. The molecule has 8 heteroatoms. The van der Waals surface area contributed by atoms with Gasteiger partial charge in [0.2, 0.25) is 10.0 Å². The number of ether oxygens (including phenoxy) is 1. The number of hydrogen-bond acceptors (Lipinski definition) is 5. The normalized spacial score (nSPS) is 22.1. The molecule has 1 saturated carbocycles. The Kier molecular flexibility index (Phi) is 7.41. The van der Waals surface area contributed by atoms with E-state index in [2.05, 4.69) is 10.0 Å². The van der Waals surface area contributed by atoms with Gasteiger partial charge in [-0.3, -0.25) is 4.72 Å². The summed E-state index contributed by atoms with van der Waals surface area (Å²) >= 11 is 0. The lowest BCUT2D eigenvalue weighted by Crippen LogP contribution is -2.35. The lowest BCUT2D eigenvalue weighted by molar-refractivity contribution is 0.103. The second-order valence-corrected chi connectivity index (χ2v) is 9.64. The maximum absolute atomic E-state index is 11.7. The standard InChI is InChI=1S/C19H30N2O4S.ClH/c1-12(2)20-10-15(22)11-25-17-9-8-16(21-26(3,23)24)18-13-4-6-14(7-5-13)19(17)18;/h8-9,12-15,20-22H,4-7,10-11H2,1-3H3;1H. The fourth-order valence-corrected chi connectivity index (χ4v) is 4.76. The third-order valence-corrected chi connectivity index (χ3v) is 5.87. The molecule has 0 heterocycles. The van der Waals surface area contributed by atoms with Gasteiger partial charge < -0.3 is 15.2 Å². The van der Waals surface area contributed by atoms with Crippen molar-refractivity contribution in [2.45, 2.75) is 63.5 Å². The first-order valence-electron chi connectivity index (χ1n) is 9.43. The Morgan fingerprint density at radius 2 is 1.74 bits per heavy atom. The van der Waals surface area contributed by atoms with Gasteiger partial charge in [0, 0.05) is 18.2 Å². The zero-order chi connectivity index (χ0) is 18.9. The van der Waals surface area contributed by atoms with E-state index in [-0.39, 0.29) is 19.0 Å². The Balaban J connectivity index is 0.00000261. The summed E-state index contributed by atoms with van der Waals surface area (Å²) in [7, 11) is -3.32. The van der Waals surface area contributed by atoms with Gasteiger partial charge in [-0.15, -0.1) is 12.4 Å². The van der Waals surface area contributed by atoms with E-state index in [4.69, 9.17) is 4.74 Å². The van der Waals surface area contributed by atoms with Gasteiger partial charge in [-0.1, -0.05) is 13.8 Å². The molecule has 0 amide bonds. The second-order valence-electron chi connectivity index (χ2n) is 7.89. The summed E-state index contributed by atoms with van der Waals surface area (Å²) < 4.78 is 32.1. The van der Waals surface area contributed by atoms with E-state index in [9.17, 15) is 13.5 Å². The molecular formula is C19H31ClN2O4S. The predicted molar refractivity (Wildman–Crippen MR) is 111 cm³/mol. The summed E-state index contributed by atoms with van der Waals surface area (Å²) in [5.41, 5.74) is 2.93. The van der Waals surface area contributed by atoms with Crippen LogP contribution in [0.1, 0.15) is 62.5 Å². The van der Waals surface area contributed by atoms with Gasteiger partial charge >= 0.3 is 0 Å². The Labute approximate surface area is 168 Å². The number of rotatable bonds is 8. The smallest absolute Gasteiger partial charge is 0.229 e. The number of benzene rings is 1. The van der Waals surface area contributed by atoms with Crippen molar-refractivity contribution in [2.75, 3.05) is 24.1 Å². The van der Waals surface area contributed by atoms with Gasteiger partial charge in [-0.05, 0) is 55.2 Å². The van der Waals surface area contributed by atoms with Crippen LogP contribution in [-0.4, -0.2) is 45.1 Å². The van der Waals surface area contributed by atoms with Crippen LogP contribution in [-0.2, 0) is 10.0 Å². The molecule has 3 aliphatic carbocycles. The zero-order valence-electron chi connectivity index (χ0n) is 16.2. The average Bonchev–Trinajstić information content (AvgIpc) is 2.58. The van der Waals surface area contributed by atoms with E-state index in [0.29, 0.717) is 30.1 Å². The van der Waals surface area contributed by atoms with Gasteiger partial charge in [0.15, 0.2) is 0 Å². The number of aliphatic hydroxyl groups excluding tert-OH is 1. The van der Waals surface area contributed by atoms with Crippen molar-refractivity contribution in [1.82, 2.24) is 5.32 Å². The van der Waals surface area contributed by atoms with Gasteiger partial charge in [-0.2, -0.15) is 0 Å². The molecule has 27 heavy (non-hydrogen) atoms. The number of fused-ring (bicyclic) bond motifs is 2. The molecule has 0 radical (unpaired) electrons. The van der Waals surface area contributed by atoms with Crippen LogP contribution in [0.25, 0.3) is 0 Å². The Hall–Kier alpha value is -1.02. The predicted octanol–water partition coefficient (Wildman–Crippen LogP) is 2.97. The quantitative estimate of drug-likeness (QED) is 0.604. The summed E-state index contributed by atoms with van der Waals surface area (Å²) in [6, 6.07) is 3.96. The zero-order valence-corrected chi connectivity index (χ0v) is 17.8. The molecule has 3 N–H and O–H groups in total. The molecule has 0 saturated heterocycles. The highest BCUT2D eigenvalue weighted by Gasteiger charge is 2.37. The van der Waals surface area contributed by atoms with E-state index in [1.54, 1.807) is 6.07 Å². The largest absolute Gasteiger partial charge is 0.491 e. The SMILES string of the molecule is CC(C)NCC(O)COc1ccc(NS(C)(=O)=O)c2c1C1CCC2CC1.Cl. The molecule has 154 valence electrons. The van der Waals surface area contributed by atoms with Crippen LogP contribution in [0.3, 0.4) is 0 Å². The molecular weight excluding hydrogens is 388 g/mol. The molecule has 0 spiro atoms. The van der Waals surface area contributed by atoms with E-state index < -0.39 is 16.1 Å². The minimum Gasteiger partial charge on any atom is -0.491 e. The summed E-state index contributed by atoms with van der Waals surface area (Å²) in [6.45, 7) is 4.78. The van der Waals surface area contributed by atoms with E-state index in [1.807, 2.05) is 19.9 Å². The van der Waals surface area contributed by atoms with Crippen molar-refractivity contribution in [2.24, 2.45) is 0 Å². The van der Waals surface area contributed by atoms with Crippen molar-refractivity contribution in [1.29, 1.82) is 0 Å². The first-order valence-corrected chi connectivity index (χ1v) is 11.3. The first kappa shape index (κ1) is 22.3.